The maximum atomic E-state index is 12.9. The number of ether oxygens (including phenoxy) is 8. The molecule has 0 aromatic rings. The van der Waals surface area contributed by atoms with Crippen molar-refractivity contribution in [1.29, 1.82) is 0 Å². The molecule has 4 rings (SSSR count). The van der Waals surface area contributed by atoms with Crippen molar-refractivity contribution in [2.75, 3.05) is 39.2 Å². The molecule has 16 unspecified atom stereocenters. The molecule has 0 saturated carbocycles. The van der Waals surface area contributed by atoms with Crippen LogP contribution < -0.4 is 27.1 Å². The number of amides is 6. The summed E-state index contributed by atoms with van der Waals surface area (Å²) in [6, 6.07) is -4.28. The van der Waals surface area contributed by atoms with Crippen molar-refractivity contribution < 1.29 is 117 Å². The highest BCUT2D eigenvalue weighted by molar-refractivity contribution is 8.00. The lowest BCUT2D eigenvalue weighted by Gasteiger charge is -2.47. The molecule has 4 heterocycles. The molecule has 0 aromatic heterocycles. The van der Waals surface area contributed by atoms with E-state index in [2.05, 4.69) is 36.2 Å². The third-order valence-corrected chi connectivity index (χ3v) is 13.8. The van der Waals surface area contributed by atoms with E-state index in [1.54, 1.807) is 7.05 Å². The summed E-state index contributed by atoms with van der Waals surface area (Å²) in [5.41, 5.74) is 7.90. The molecule has 77 heavy (non-hydrogen) atoms. The molecule has 434 valence electrons. The minimum absolute atomic E-state index is 0.0494. The van der Waals surface area contributed by atoms with Crippen LogP contribution >= 0.6 is 11.8 Å². The minimum atomic E-state index is -2.81. The number of aliphatic imine (C=N–C) groups is 1. The number of thioether (sulfide) groups is 1. The molecule has 0 radical (unpaired) electrons. The maximum Gasteiger partial charge on any atom is 0.332 e. The van der Waals surface area contributed by atoms with Crippen LogP contribution in [0.5, 0.6) is 0 Å². The Balaban J connectivity index is 1.46. The largest absolute Gasteiger partial charge is 0.410 e. The Morgan fingerprint density at radius 2 is 1.40 bits per heavy atom. The van der Waals surface area contributed by atoms with E-state index >= 15 is 0 Å². The van der Waals surface area contributed by atoms with E-state index in [0.29, 0.717) is 24.4 Å². The van der Waals surface area contributed by atoms with Crippen LogP contribution in [0, 0.1) is 5.92 Å². The van der Waals surface area contributed by atoms with E-state index in [1.807, 2.05) is 0 Å². The molecule has 4 aliphatic rings. The summed E-state index contributed by atoms with van der Waals surface area (Å²) in [7, 11) is 1.56. The summed E-state index contributed by atoms with van der Waals surface area (Å²) < 4.78 is 43.7. The second-order valence-corrected chi connectivity index (χ2v) is 19.5. The van der Waals surface area contributed by atoms with Gasteiger partial charge in [-0.2, -0.15) is 5.10 Å². The molecule has 13 N–H and O–H groups in total. The van der Waals surface area contributed by atoms with Gasteiger partial charge in [0.25, 0.3) is 19.4 Å². The summed E-state index contributed by atoms with van der Waals surface area (Å²) >= 11 is 1.29. The maximum absolute atomic E-state index is 12.9. The van der Waals surface area contributed by atoms with Gasteiger partial charge in [-0.1, -0.05) is 0 Å². The van der Waals surface area contributed by atoms with E-state index in [9.17, 15) is 78.9 Å². The highest BCUT2D eigenvalue weighted by Gasteiger charge is 2.56. The van der Waals surface area contributed by atoms with Crippen LogP contribution in [-0.2, 0) is 81.0 Å². The van der Waals surface area contributed by atoms with Gasteiger partial charge >= 0.3 is 17.9 Å². The van der Waals surface area contributed by atoms with Gasteiger partial charge in [0.15, 0.2) is 0 Å². The normalized spacial score (nSPS) is 32.8. The van der Waals surface area contributed by atoms with Gasteiger partial charge in [-0.3, -0.25) is 53.0 Å². The zero-order chi connectivity index (χ0) is 57.3. The molecule has 0 aromatic carbocycles. The first-order valence-corrected chi connectivity index (χ1v) is 25.1. The third kappa shape index (κ3) is 18.0. The standard InChI is InChI=1S/C44H68N8O24S/c1-22(57)48-35-28(62)14-43(72-20-55,74-30(35)16-47-51-33(64)7-9-52-34(65)12-31(41(52)67)77-11-5-6-32(45)46-4)69-10-8-26(60)39-36(49-23(2)58)29(63)15-44(76-39,73-21-56)70-18-25(17-53)38(66)40-37(50-24(3)59)27(61)13-42(68,75-40)71-19-54/h16,19-21,25-31,35-40,53,60-63,66,68H,5-15,17-18H2,1-4H3,(H2,45,46)(H,48,57)(H,49,58)(H,50,59)(H,51,64)/b47-16+. The van der Waals surface area contributed by atoms with Gasteiger partial charge in [0.05, 0.1) is 105 Å². The molecule has 6 amide bonds. The summed E-state index contributed by atoms with van der Waals surface area (Å²) in [5, 5.41) is 87.9. The highest BCUT2D eigenvalue weighted by Crippen LogP contribution is 2.37. The SMILES string of the molecule is CN=C(N)CCCSC1CC(=O)N(CCC(=O)N/N=C/C2OC(OC=O)(OCCC(O)C3OC(OC=O)(OCC(CO)C(O)C4OC(O)(OC=O)CC(O)C4NC(C)=O)CC(O)C3NC(C)=O)CC(O)C2NC(C)=O)C1=O. The average Bonchev–Trinajstić information content (AvgIpc) is 3.62. The van der Waals surface area contributed by atoms with Crippen molar-refractivity contribution in [2.45, 2.75) is 162 Å². The molecule has 16 atom stereocenters. The molecule has 0 aliphatic carbocycles. The molecule has 32 nitrogen and oxygen atoms in total. The van der Waals surface area contributed by atoms with Crippen LogP contribution in [0.25, 0.3) is 0 Å². The first-order chi connectivity index (χ1) is 36.4. The Morgan fingerprint density at radius 3 is 1.99 bits per heavy atom. The van der Waals surface area contributed by atoms with E-state index < -0.39 is 177 Å². The van der Waals surface area contributed by atoms with Crippen molar-refractivity contribution in [3.63, 3.8) is 0 Å². The Morgan fingerprint density at radius 1 is 0.831 bits per heavy atom. The van der Waals surface area contributed by atoms with Gasteiger partial charge in [-0.15, -0.1) is 11.8 Å². The van der Waals surface area contributed by atoms with Gasteiger partial charge in [0, 0.05) is 59.5 Å². The van der Waals surface area contributed by atoms with E-state index in [1.165, 1.54) is 11.8 Å². The fourth-order valence-corrected chi connectivity index (χ4v) is 9.92. The Hall–Kier alpha value is -5.56. The summed E-state index contributed by atoms with van der Waals surface area (Å²) in [4.78, 5) is 115. The second kappa shape index (κ2) is 29.4. The monoisotopic (exact) mass is 1120 g/mol. The van der Waals surface area contributed by atoms with Crippen molar-refractivity contribution in [2.24, 2.45) is 21.7 Å². The predicted octanol–water partition coefficient (Wildman–Crippen LogP) is -6.70. The minimum Gasteiger partial charge on any atom is -0.410 e. The second-order valence-electron chi connectivity index (χ2n) is 18.2. The Labute approximate surface area is 444 Å². The van der Waals surface area contributed by atoms with Crippen LogP contribution in [-0.4, -0.2) is 237 Å². The van der Waals surface area contributed by atoms with Crippen molar-refractivity contribution in [1.82, 2.24) is 26.3 Å². The molecular weight excluding hydrogens is 1060 g/mol. The van der Waals surface area contributed by atoms with E-state index in [4.69, 9.17) is 38.9 Å². The Kier molecular flexibility index (Phi) is 24.4. The number of aliphatic hydroxyl groups excluding tert-OH is 6. The summed E-state index contributed by atoms with van der Waals surface area (Å²) in [6.07, 6.45) is -15.3. The number of rotatable bonds is 30. The number of carbonyl (C=O) groups excluding carboxylic acids is 9. The Bertz CT molecular complexity index is 2130. The molecule has 4 saturated heterocycles. The lowest BCUT2D eigenvalue weighted by atomic mass is 9.88. The van der Waals surface area contributed by atoms with Crippen LogP contribution in [0.3, 0.4) is 0 Å². The molecule has 33 heteroatoms. The van der Waals surface area contributed by atoms with Gasteiger partial charge in [-0.25, -0.2) is 5.43 Å². The number of amidine groups is 1. The van der Waals surface area contributed by atoms with E-state index in [0.717, 1.165) is 31.9 Å². The highest BCUT2D eigenvalue weighted by atomic mass is 32.2. The average molecular weight is 1130 g/mol. The topological polar surface area (TPSA) is 471 Å². The number of nitrogens with one attached hydrogen (secondary N) is 4. The lowest BCUT2D eigenvalue weighted by Crippen LogP contribution is -2.66. The smallest absolute Gasteiger partial charge is 0.332 e. The number of carbonyl (C=O) groups is 9. The number of hydrazone groups is 1. The number of nitrogens with two attached hydrogens (primary N) is 1. The molecule has 0 spiro atoms. The predicted molar refractivity (Wildman–Crippen MR) is 256 cm³/mol. The summed E-state index contributed by atoms with van der Waals surface area (Å²) in [6.45, 7) is -0.0308. The summed E-state index contributed by atoms with van der Waals surface area (Å²) in [5.74, 6) is -12.3. The number of imide groups is 1. The fraction of sp³-hybridized carbons (Fsp3) is 0.750. The van der Waals surface area contributed by atoms with Crippen molar-refractivity contribution >= 4 is 78.7 Å². The molecule has 4 aliphatic heterocycles. The van der Waals surface area contributed by atoms with Gasteiger partial charge in [-0.05, 0) is 18.6 Å². The molecular formula is C44H68N8O24S. The van der Waals surface area contributed by atoms with Gasteiger partial charge in [0.2, 0.25) is 35.4 Å². The quantitative estimate of drug-likeness (QED) is 0.00465. The van der Waals surface area contributed by atoms with Crippen LogP contribution in [0.2, 0.25) is 0 Å². The first kappa shape index (κ1) is 64.0. The van der Waals surface area contributed by atoms with Crippen molar-refractivity contribution in [3.05, 3.63) is 0 Å². The first-order valence-electron chi connectivity index (χ1n) is 24.1. The molecule has 0 bridgehead atoms. The van der Waals surface area contributed by atoms with Crippen molar-refractivity contribution in [3.8, 4) is 0 Å². The lowest BCUT2D eigenvalue weighted by molar-refractivity contribution is -0.415. The fourth-order valence-electron chi connectivity index (χ4n) is 8.79. The van der Waals surface area contributed by atoms with Crippen LogP contribution in [0.1, 0.15) is 72.1 Å². The van der Waals surface area contributed by atoms with Gasteiger partial charge in [0.1, 0.15) is 18.3 Å². The number of likely N-dealkylation sites (tertiary alicyclic amines) is 1. The van der Waals surface area contributed by atoms with E-state index in [-0.39, 0.29) is 38.8 Å². The number of aliphatic hydroxyl groups is 7. The zero-order valence-corrected chi connectivity index (χ0v) is 43.2. The number of hydrogen-bond donors (Lipinski definition) is 12. The zero-order valence-electron chi connectivity index (χ0n) is 42.4. The van der Waals surface area contributed by atoms with Crippen LogP contribution in [0.4, 0.5) is 0 Å². The number of nitrogens with zero attached hydrogens (tertiary/aromatic N) is 3. The third-order valence-electron chi connectivity index (χ3n) is 12.5. The number of hydrogen-bond acceptors (Lipinski definition) is 27. The van der Waals surface area contributed by atoms with Crippen LogP contribution in [0.15, 0.2) is 10.1 Å². The molecule has 4 fully saturated rings. The van der Waals surface area contributed by atoms with Gasteiger partial charge < -0.3 is 95.3 Å².